The summed E-state index contributed by atoms with van der Waals surface area (Å²) in [6, 6.07) is 8.48. The summed E-state index contributed by atoms with van der Waals surface area (Å²) in [4.78, 5) is 0. The smallest absolute Gasteiger partial charge is 0.0834 e. The lowest BCUT2D eigenvalue weighted by atomic mass is 10.0. The minimum Gasteiger partial charge on any atom is -0.308 e. The summed E-state index contributed by atoms with van der Waals surface area (Å²) in [7, 11) is 0. The lowest BCUT2D eigenvalue weighted by Gasteiger charge is -2.21. The summed E-state index contributed by atoms with van der Waals surface area (Å²) in [5.74, 6) is 0. The molecule has 1 atom stereocenters. The third-order valence-corrected chi connectivity index (χ3v) is 4.55. The highest BCUT2D eigenvalue weighted by molar-refractivity contribution is 9.10. The Balaban J connectivity index is 2.30. The van der Waals surface area contributed by atoms with Crippen molar-refractivity contribution in [2.75, 3.05) is 6.54 Å². The van der Waals surface area contributed by atoms with E-state index in [1.54, 1.807) is 6.20 Å². The van der Waals surface area contributed by atoms with Gasteiger partial charge in [-0.1, -0.05) is 52.7 Å². The largest absolute Gasteiger partial charge is 0.308 e. The van der Waals surface area contributed by atoms with E-state index in [0.29, 0.717) is 0 Å². The number of aromatic nitrogens is 2. The van der Waals surface area contributed by atoms with Gasteiger partial charge in [-0.05, 0) is 37.9 Å². The highest BCUT2D eigenvalue weighted by Crippen LogP contribution is 2.28. The van der Waals surface area contributed by atoms with Crippen LogP contribution in [0.3, 0.4) is 0 Å². The molecular formula is C16H21BrClN3. The molecule has 1 heterocycles. The summed E-state index contributed by atoms with van der Waals surface area (Å²) in [6.45, 7) is 6.03. The Bertz CT molecular complexity index is 583. The molecule has 0 fully saturated rings. The molecular weight excluding hydrogens is 350 g/mol. The van der Waals surface area contributed by atoms with Crippen molar-refractivity contribution in [2.24, 2.45) is 0 Å². The first-order valence-corrected chi connectivity index (χ1v) is 8.52. The van der Waals surface area contributed by atoms with Crippen molar-refractivity contribution >= 4 is 27.5 Å². The fourth-order valence-corrected chi connectivity index (χ4v) is 3.16. The van der Waals surface area contributed by atoms with Crippen molar-refractivity contribution in [2.45, 2.75) is 39.3 Å². The number of rotatable bonds is 7. The van der Waals surface area contributed by atoms with Crippen LogP contribution in [0, 0.1) is 0 Å². The third-order valence-electron chi connectivity index (χ3n) is 3.49. The average molecular weight is 371 g/mol. The van der Waals surface area contributed by atoms with Crippen LogP contribution in [-0.4, -0.2) is 16.3 Å². The maximum Gasteiger partial charge on any atom is 0.0834 e. The average Bonchev–Trinajstić information content (AvgIpc) is 2.86. The highest BCUT2D eigenvalue weighted by Gasteiger charge is 2.20. The first kappa shape index (κ1) is 16.5. The zero-order chi connectivity index (χ0) is 15.2. The fraction of sp³-hybridized carbons (Fsp3) is 0.438. The van der Waals surface area contributed by atoms with E-state index >= 15 is 0 Å². The molecule has 0 spiro atoms. The predicted molar refractivity (Wildman–Crippen MR) is 91.8 cm³/mol. The molecule has 0 saturated heterocycles. The van der Waals surface area contributed by atoms with E-state index in [9.17, 15) is 0 Å². The summed E-state index contributed by atoms with van der Waals surface area (Å²) in [5, 5.41) is 8.69. The zero-order valence-corrected chi connectivity index (χ0v) is 14.8. The second-order valence-electron chi connectivity index (χ2n) is 5.00. The number of hydrogen-bond donors (Lipinski definition) is 1. The van der Waals surface area contributed by atoms with Gasteiger partial charge in [0.25, 0.3) is 0 Å². The molecule has 0 aliphatic rings. The van der Waals surface area contributed by atoms with Crippen molar-refractivity contribution in [3.8, 4) is 0 Å². The minimum absolute atomic E-state index is 0.165. The molecule has 3 nitrogen and oxygen atoms in total. The molecule has 0 bridgehead atoms. The first-order chi connectivity index (χ1) is 10.2. The van der Waals surface area contributed by atoms with Crippen molar-refractivity contribution in [3.05, 3.63) is 51.2 Å². The van der Waals surface area contributed by atoms with Crippen LogP contribution in [0.5, 0.6) is 0 Å². The van der Waals surface area contributed by atoms with Gasteiger partial charge in [0.15, 0.2) is 0 Å². The van der Waals surface area contributed by atoms with Gasteiger partial charge in [0.2, 0.25) is 0 Å². The van der Waals surface area contributed by atoms with Crippen LogP contribution in [0.2, 0.25) is 5.02 Å². The van der Waals surface area contributed by atoms with Gasteiger partial charge in [-0.2, -0.15) is 5.10 Å². The van der Waals surface area contributed by atoms with E-state index in [4.69, 9.17) is 11.6 Å². The molecule has 1 aromatic carbocycles. The van der Waals surface area contributed by atoms with Crippen molar-refractivity contribution < 1.29 is 0 Å². The summed E-state index contributed by atoms with van der Waals surface area (Å²) >= 11 is 10.00. The number of nitrogens with zero attached hydrogens (tertiary/aromatic N) is 2. The van der Waals surface area contributed by atoms with Crippen LogP contribution in [0.4, 0.5) is 0 Å². The summed E-state index contributed by atoms with van der Waals surface area (Å²) in [5.41, 5.74) is 2.34. The molecule has 2 rings (SSSR count). The monoisotopic (exact) mass is 369 g/mol. The van der Waals surface area contributed by atoms with Crippen LogP contribution in [0.15, 0.2) is 34.9 Å². The number of halogens is 2. The summed E-state index contributed by atoms with van der Waals surface area (Å²) < 4.78 is 3.11. The molecule has 114 valence electrons. The molecule has 0 aliphatic heterocycles. The van der Waals surface area contributed by atoms with E-state index in [1.807, 2.05) is 10.7 Å². The SMILES string of the molecule is CCCNC(Cc1ccccc1Br)c1c(Cl)cnn1CC. The first-order valence-electron chi connectivity index (χ1n) is 7.35. The Kier molecular flexibility index (Phi) is 6.27. The number of aryl methyl sites for hydroxylation is 1. The molecule has 1 N–H and O–H groups in total. The van der Waals surface area contributed by atoms with Crippen LogP contribution >= 0.6 is 27.5 Å². The number of benzene rings is 1. The second kappa shape index (κ2) is 7.97. The zero-order valence-electron chi connectivity index (χ0n) is 12.4. The van der Waals surface area contributed by atoms with Gasteiger partial charge in [0.1, 0.15) is 0 Å². The molecule has 5 heteroatoms. The lowest BCUT2D eigenvalue weighted by molar-refractivity contribution is 0.478. The van der Waals surface area contributed by atoms with Gasteiger partial charge < -0.3 is 5.32 Å². The van der Waals surface area contributed by atoms with Crippen molar-refractivity contribution in [1.29, 1.82) is 0 Å². The van der Waals surface area contributed by atoms with Gasteiger partial charge >= 0.3 is 0 Å². The second-order valence-corrected chi connectivity index (χ2v) is 6.26. The fourth-order valence-electron chi connectivity index (χ4n) is 2.44. The van der Waals surface area contributed by atoms with E-state index in [1.165, 1.54) is 5.56 Å². The van der Waals surface area contributed by atoms with E-state index < -0.39 is 0 Å². The molecule has 21 heavy (non-hydrogen) atoms. The van der Waals surface area contributed by atoms with E-state index in [0.717, 1.165) is 41.1 Å². The topological polar surface area (TPSA) is 29.9 Å². The Morgan fingerprint density at radius 3 is 2.76 bits per heavy atom. The molecule has 2 aromatic rings. The standard InChI is InChI=1S/C16H21BrClN3/c1-3-9-19-15(10-12-7-5-6-8-13(12)17)16-14(18)11-20-21(16)4-2/h5-8,11,15,19H,3-4,9-10H2,1-2H3. The van der Waals surface area contributed by atoms with Crippen LogP contribution in [0.1, 0.15) is 37.6 Å². The maximum atomic E-state index is 6.37. The highest BCUT2D eigenvalue weighted by atomic mass is 79.9. The molecule has 1 aromatic heterocycles. The molecule has 0 saturated carbocycles. The van der Waals surface area contributed by atoms with Crippen LogP contribution < -0.4 is 5.32 Å². The number of nitrogens with one attached hydrogen (secondary N) is 1. The van der Waals surface area contributed by atoms with E-state index in [2.05, 4.69) is 58.4 Å². The predicted octanol–water partition coefficient (Wildman–Crippen LogP) is 4.60. The maximum absolute atomic E-state index is 6.37. The van der Waals surface area contributed by atoms with Gasteiger partial charge in [0, 0.05) is 11.0 Å². The normalized spacial score (nSPS) is 12.6. The Hall–Kier alpha value is -0.840. The van der Waals surface area contributed by atoms with Gasteiger partial charge in [-0.15, -0.1) is 0 Å². The van der Waals surface area contributed by atoms with Gasteiger partial charge in [-0.3, -0.25) is 4.68 Å². The lowest BCUT2D eigenvalue weighted by Crippen LogP contribution is -2.27. The van der Waals surface area contributed by atoms with E-state index in [-0.39, 0.29) is 6.04 Å². The van der Waals surface area contributed by atoms with Crippen LogP contribution in [0.25, 0.3) is 0 Å². The van der Waals surface area contributed by atoms with Gasteiger partial charge in [0.05, 0.1) is 23.0 Å². The quantitative estimate of drug-likeness (QED) is 0.772. The number of hydrogen-bond acceptors (Lipinski definition) is 2. The molecule has 0 aliphatic carbocycles. The van der Waals surface area contributed by atoms with Crippen molar-refractivity contribution in [3.63, 3.8) is 0 Å². The van der Waals surface area contributed by atoms with Crippen LogP contribution in [-0.2, 0) is 13.0 Å². The minimum atomic E-state index is 0.165. The Labute approximate surface area is 139 Å². The Morgan fingerprint density at radius 2 is 2.10 bits per heavy atom. The van der Waals surface area contributed by atoms with Gasteiger partial charge in [-0.25, -0.2) is 0 Å². The third kappa shape index (κ3) is 4.09. The molecule has 1 unspecified atom stereocenters. The van der Waals surface area contributed by atoms with Crippen molar-refractivity contribution in [1.82, 2.24) is 15.1 Å². The molecule has 0 radical (unpaired) electrons. The summed E-state index contributed by atoms with van der Waals surface area (Å²) in [6.07, 6.45) is 3.71. The Morgan fingerprint density at radius 1 is 1.33 bits per heavy atom. The molecule has 0 amide bonds.